The summed E-state index contributed by atoms with van der Waals surface area (Å²) in [5.41, 5.74) is 2.39. The minimum absolute atomic E-state index is 0.108. The minimum atomic E-state index is -1.21. The fourth-order valence-corrected chi connectivity index (χ4v) is 5.30. The van der Waals surface area contributed by atoms with Crippen LogP contribution in [-0.2, 0) is 27.4 Å². The van der Waals surface area contributed by atoms with E-state index in [1.165, 1.54) is 56.1 Å². The summed E-state index contributed by atoms with van der Waals surface area (Å²) >= 11 is 0. The number of aliphatic carboxylic acids is 1. The normalized spacial score (nSPS) is 12.3. The van der Waals surface area contributed by atoms with E-state index in [0.717, 1.165) is 25.9 Å². The average Bonchev–Trinajstić information content (AvgIpc) is 2.92. The highest BCUT2D eigenvalue weighted by Crippen LogP contribution is 2.22. The Kier molecular flexibility index (Phi) is 16.2. The van der Waals surface area contributed by atoms with Crippen molar-refractivity contribution in [1.82, 2.24) is 5.32 Å². The second kappa shape index (κ2) is 19.4. The minimum Gasteiger partial charge on any atom is -0.548 e. The zero-order chi connectivity index (χ0) is 28.2. The maximum absolute atomic E-state index is 12.6. The molecule has 0 heterocycles. The van der Waals surface area contributed by atoms with Gasteiger partial charge in [0.05, 0.1) is 25.7 Å². The summed E-state index contributed by atoms with van der Waals surface area (Å²) in [6.45, 7) is 7.12. The lowest BCUT2D eigenvalue weighted by atomic mass is 10.1. The maximum atomic E-state index is 12.6. The number of quaternary nitrogens is 1. The van der Waals surface area contributed by atoms with Gasteiger partial charge in [0, 0.05) is 17.5 Å². The molecule has 2 rings (SSSR count). The first-order chi connectivity index (χ1) is 18.9. The summed E-state index contributed by atoms with van der Waals surface area (Å²) in [7, 11) is 0. The third-order valence-electron chi connectivity index (χ3n) is 7.27. The Morgan fingerprint density at radius 2 is 1.33 bits per heavy atom. The van der Waals surface area contributed by atoms with Crippen molar-refractivity contribution >= 4 is 11.9 Å². The monoisotopic (exact) mass is 538 g/mol. The number of nitrogens with zero attached hydrogens (tertiary/aromatic N) is 1. The Labute approximate surface area is 236 Å². The summed E-state index contributed by atoms with van der Waals surface area (Å²) < 4.78 is 6.25. The van der Waals surface area contributed by atoms with Gasteiger partial charge in [0.15, 0.2) is 0 Å². The standard InChI is InChI=1S/C33H50N2O4/c1-3-4-5-6-7-8-9-10-17-22-32(36)34-23-24-35(25-29(2)39-28-33(37)38,26-30-18-13-11-14-19-30)27-31-20-15-12-16-21-31/h11-16,18-21,29H,3-10,17,22-28H2,1-2H3,(H-,34,36,37,38). The Balaban J connectivity index is 1.96. The van der Waals surface area contributed by atoms with Crippen LogP contribution >= 0.6 is 0 Å². The van der Waals surface area contributed by atoms with E-state index < -0.39 is 12.6 Å². The molecule has 0 fully saturated rings. The van der Waals surface area contributed by atoms with Crippen molar-refractivity contribution in [3.63, 3.8) is 0 Å². The molecule has 0 saturated carbocycles. The molecule has 6 nitrogen and oxygen atoms in total. The van der Waals surface area contributed by atoms with Gasteiger partial charge in [-0.15, -0.1) is 0 Å². The van der Waals surface area contributed by atoms with E-state index in [1.54, 1.807) is 0 Å². The lowest BCUT2D eigenvalue weighted by molar-refractivity contribution is -0.955. The molecule has 0 aliphatic heterocycles. The van der Waals surface area contributed by atoms with Gasteiger partial charge < -0.3 is 24.4 Å². The van der Waals surface area contributed by atoms with Crippen molar-refractivity contribution < 1.29 is 23.9 Å². The number of rotatable bonds is 22. The fraction of sp³-hybridized carbons (Fsp3) is 0.576. The van der Waals surface area contributed by atoms with E-state index in [2.05, 4.69) is 36.5 Å². The Bertz CT molecular complexity index is 878. The van der Waals surface area contributed by atoms with Crippen molar-refractivity contribution in [3.05, 3.63) is 71.8 Å². The molecule has 39 heavy (non-hydrogen) atoms. The summed E-state index contributed by atoms with van der Waals surface area (Å²) in [6.07, 6.45) is 11.4. The molecule has 2 aromatic rings. The van der Waals surface area contributed by atoms with Crippen molar-refractivity contribution in [2.75, 3.05) is 26.2 Å². The first-order valence-electron chi connectivity index (χ1n) is 14.9. The number of benzene rings is 2. The number of carbonyl (C=O) groups is 2. The maximum Gasteiger partial charge on any atom is 0.220 e. The van der Waals surface area contributed by atoms with Gasteiger partial charge >= 0.3 is 0 Å². The van der Waals surface area contributed by atoms with Crippen LogP contribution in [0.15, 0.2) is 60.7 Å². The van der Waals surface area contributed by atoms with E-state index in [4.69, 9.17) is 4.74 Å². The Morgan fingerprint density at radius 1 is 0.821 bits per heavy atom. The number of amides is 1. The molecule has 0 radical (unpaired) electrons. The molecule has 1 N–H and O–H groups in total. The van der Waals surface area contributed by atoms with Crippen LogP contribution in [0.5, 0.6) is 0 Å². The third-order valence-corrected chi connectivity index (χ3v) is 7.27. The quantitative estimate of drug-likeness (QED) is 0.161. The predicted octanol–water partition coefficient (Wildman–Crippen LogP) is 5.40. The first-order valence-corrected chi connectivity index (χ1v) is 14.9. The van der Waals surface area contributed by atoms with Crippen LogP contribution in [0.25, 0.3) is 0 Å². The van der Waals surface area contributed by atoms with E-state index in [1.807, 2.05) is 43.3 Å². The molecule has 0 spiro atoms. The van der Waals surface area contributed by atoms with Crippen LogP contribution < -0.4 is 10.4 Å². The zero-order valence-corrected chi connectivity index (χ0v) is 24.2. The predicted molar refractivity (Wildman–Crippen MR) is 156 cm³/mol. The molecular formula is C33H50N2O4. The average molecular weight is 539 g/mol. The van der Waals surface area contributed by atoms with Gasteiger partial charge in [-0.3, -0.25) is 4.79 Å². The molecular weight excluding hydrogens is 488 g/mol. The van der Waals surface area contributed by atoms with Gasteiger partial charge in [0.1, 0.15) is 25.7 Å². The Morgan fingerprint density at radius 3 is 1.85 bits per heavy atom. The smallest absolute Gasteiger partial charge is 0.220 e. The Hall–Kier alpha value is -2.70. The van der Waals surface area contributed by atoms with Crippen LogP contribution in [0.1, 0.15) is 89.2 Å². The lowest BCUT2D eigenvalue weighted by Gasteiger charge is -2.41. The molecule has 1 atom stereocenters. The summed E-state index contributed by atoms with van der Waals surface area (Å²) in [4.78, 5) is 23.6. The molecule has 216 valence electrons. The molecule has 0 aliphatic carbocycles. The van der Waals surface area contributed by atoms with E-state index in [-0.39, 0.29) is 12.0 Å². The highest BCUT2D eigenvalue weighted by atomic mass is 16.5. The molecule has 1 unspecified atom stereocenters. The number of unbranched alkanes of at least 4 members (excludes halogenated alkanes) is 8. The highest BCUT2D eigenvalue weighted by Gasteiger charge is 2.31. The first kappa shape index (κ1) is 32.5. The second-order valence-electron chi connectivity index (χ2n) is 11.0. The molecule has 0 aromatic heterocycles. The van der Waals surface area contributed by atoms with Crippen molar-refractivity contribution in [1.29, 1.82) is 0 Å². The van der Waals surface area contributed by atoms with Gasteiger partial charge in [0.25, 0.3) is 0 Å². The van der Waals surface area contributed by atoms with Crippen LogP contribution in [0.3, 0.4) is 0 Å². The van der Waals surface area contributed by atoms with Gasteiger partial charge in [0.2, 0.25) is 5.91 Å². The fourth-order valence-electron chi connectivity index (χ4n) is 5.30. The largest absolute Gasteiger partial charge is 0.548 e. The number of carbonyl (C=O) groups excluding carboxylic acids is 2. The summed E-state index contributed by atoms with van der Waals surface area (Å²) in [6, 6.07) is 20.6. The van der Waals surface area contributed by atoms with E-state index >= 15 is 0 Å². The topological polar surface area (TPSA) is 78.5 Å². The van der Waals surface area contributed by atoms with Crippen molar-refractivity contribution in [2.24, 2.45) is 0 Å². The van der Waals surface area contributed by atoms with Gasteiger partial charge in [-0.05, 0) is 13.3 Å². The van der Waals surface area contributed by atoms with E-state index in [0.29, 0.717) is 30.5 Å². The highest BCUT2D eigenvalue weighted by molar-refractivity contribution is 5.75. The molecule has 0 bridgehead atoms. The lowest BCUT2D eigenvalue weighted by Crippen LogP contribution is -2.54. The number of carboxylic acids is 1. The summed E-state index contributed by atoms with van der Waals surface area (Å²) in [5, 5.41) is 14.2. The van der Waals surface area contributed by atoms with Crippen LogP contribution in [-0.4, -0.2) is 48.7 Å². The summed E-state index contributed by atoms with van der Waals surface area (Å²) in [5.74, 6) is -1.11. The van der Waals surface area contributed by atoms with Gasteiger partial charge in [-0.1, -0.05) is 119 Å². The molecule has 6 heteroatoms. The molecule has 1 amide bonds. The SMILES string of the molecule is CCCCCCCCCCCC(=O)NCC[N+](Cc1ccccc1)(Cc1ccccc1)CC(C)OCC(=O)[O-]. The second-order valence-corrected chi connectivity index (χ2v) is 11.0. The van der Waals surface area contributed by atoms with Crippen LogP contribution in [0.4, 0.5) is 0 Å². The van der Waals surface area contributed by atoms with E-state index in [9.17, 15) is 14.7 Å². The van der Waals surface area contributed by atoms with Crippen LogP contribution in [0.2, 0.25) is 0 Å². The van der Waals surface area contributed by atoms with Crippen molar-refractivity contribution in [3.8, 4) is 0 Å². The van der Waals surface area contributed by atoms with Crippen molar-refractivity contribution in [2.45, 2.75) is 97.2 Å². The zero-order valence-electron chi connectivity index (χ0n) is 24.2. The number of ether oxygens (including phenoxy) is 1. The third kappa shape index (κ3) is 14.9. The number of carboxylic acid groups (broad SMARTS) is 1. The van der Waals surface area contributed by atoms with Gasteiger partial charge in [-0.25, -0.2) is 0 Å². The number of hydrogen-bond acceptors (Lipinski definition) is 4. The number of nitrogens with one attached hydrogen (secondary N) is 1. The van der Waals surface area contributed by atoms with Gasteiger partial charge in [-0.2, -0.15) is 0 Å². The van der Waals surface area contributed by atoms with Crippen LogP contribution in [0, 0.1) is 0 Å². The molecule has 0 aliphatic rings. The number of hydrogen-bond donors (Lipinski definition) is 1. The molecule has 2 aromatic carbocycles. The molecule has 0 saturated heterocycles.